The number of piperidine rings is 1. The van der Waals surface area contributed by atoms with E-state index in [-0.39, 0.29) is 12.1 Å². The highest BCUT2D eigenvalue weighted by Crippen LogP contribution is 2.40. The highest BCUT2D eigenvalue weighted by Gasteiger charge is 2.28. The number of amides is 2. The van der Waals surface area contributed by atoms with Gasteiger partial charge in [0.15, 0.2) is 5.13 Å². The van der Waals surface area contributed by atoms with Crippen LogP contribution in [0, 0.1) is 0 Å². The third-order valence-electron chi connectivity index (χ3n) is 4.87. The number of hydrogen-bond donors (Lipinski definition) is 0. The maximum absolute atomic E-state index is 12.2. The number of anilines is 1. The smallest absolute Gasteiger partial charge is 0.319 e. The normalized spacial score (nSPS) is 15.2. The van der Waals surface area contributed by atoms with Crippen LogP contribution in [0.3, 0.4) is 0 Å². The van der Waals surface area contributed by atoms with Crippen molar-refractivity contribution in [1.29, 1.82) is 0 Å². The van der Waals surface area contributed by atoms with Gasteiger partial charge < -0.3 is 24.2 Å². The average Bonchev–Trinajstić information content (AvgIpc) is 3.11. The summed E-state index contributed by atoms with van der Waals surface area (Å²) in [6, 6.07) is 4.12. The molecule has 1 aliphatic rings. The number of thiazole rings is 1. The monoisotopic (exact) mass is 378 g/mol. The van der Waals surface area contributed by atoms with Crippen LogP contribution in [0.2, 0.25) is 0 Å². The number of nitrogens with zero attached hydrogens (tertiary/aromatic N) is 4. The molecule has 0 saturated carbocycles. The predicted molar refractivity (Wildman–Crippen MR) is 105 cm³/mol. The molecule has 0 bridgehead atoms. The van der Waals surface area contributed by atoms with Gasteiger partial charge in [-0.15, -0.1) is 0 Å². The fourth-order valence-electron chi connectivity index (χ4n) is 3.33. The lowest BCUT2D eigenvalue weighted by Gasteiger charge is -2.37. The number of fused-ring (bicyclic) bond motifs is 1. The van der Waals surface area contributed by atoms with Crippen molar-refractivity contribution < 1.29 is 14.3 Å². The van der Waals surface area contributed by atoms with Crippen molar-refractivity contribution in [1.82, 2.24) is 14.8 Å². The average molecular weight is 378 g/mol. The second-order valence-electron chi connectivity index (χ2n) is 6.65. The number of benzene rings is 1. The number of aromatic nitrogens is 1. The molecule has 0 N–H and O–H groups in total. The molecule has 1 aromatic carbocycles. The Morgan fingerprint density at radius 1 is 1.15 bits per heavy atom. The fraction of sp³-hybridized carbons (Fsp3) is 0.556. The summed E-state index contributed by atoms with van der Waals surface area (Å²) in [6.45, 7) is 1.75. The van der Waals surface area contributed by atoms with E-state index in [0.717, 1.165) is 52.8 Å². The number of carbonyl (C=O) groups excluding carboxylic acids is 1. The Bertz CT molecular complexity index is 743. The predicted octanol–water partition coefficient (Wildman–Crippen LogP) is 2.90. The van der Waals surface area contributed by atoms with E-state index in [1.165, 1.54) is 0 Å². The molecule has 1 fully saturated rings. The topological polar surface area (TPSA) is 58.1 Å². The van der Waals surface area contributed by atoms with Crippen molar-refractivity contribution >= 4 is 32.7 Å². The van der Waals surface area contributed by atoms with Crippen molar-refractivity contribution in [3.63, 3.8) is 0 Å². The summed E-state index contributed by atoms with van der Waals surface area (Å²) in [6.07, 6.45) is 1.86. The van der Waals surface area contributed by atoms with E-state index in [9.17, 15) is 4.79 Å². The zero-order valence-electron chi connectivity index (χ0n) is 16.0. The van der Waals surface area contributed by atoms with Crippen LogP contribution < -0.4 is 14.4 Å². The van der Waals surface area contributed by atoms with Gasteiger partial charge in [0.25, 0.3) is 0 Å². The van der Waals surface area contributed by atoms with Gasteiger partial charge in [-0.1, -0.05) is 11.3 Å². The van der Waals surface area contributed by atoms with E-state index in [1.54, 1.807) is 44.6 Å². The highest BCUT2D eigenvalue weighted by molar-refractivity contribution is 7.22. The van der Waals surface area contributed by atoms with Crippen molar-refractivity contribution in [3.05, 3.63) is 12.1 Å². The molecule has 0 radical (unpaired) electrons. The van der Waals surface area contributed by atoms with Gasteiger partial charge in [0.1, 0.15) is 21.7 Å². The molecular weight excluding hydrogens is 352 g/mol. The highest BCUT2D eigenvalue weighted by atomic mass is 32.1. The molecule has 8 heteroatoms. The van der Waals surface area contributed by atoms with Crippen LogP contribution in [-0.2, 0) is 0 Å². The molecule has 7 nitrogen and oxygen atoms in total. The summed E-state index contributed by atoms with van der Waals surface area (Å²) in [5.41, 5.74) is 0.842. The SMILES string of the molecule is COc1ccc(OC)c2sc(N3CCC(N(C)C(=O)N(C)C)CC3)nc12. The van der Waals surface area contributed by atoms with Gasteiger partial charge in [-0.2, -0.15) is 0 Å². The molecule has 1 aromatic heterocycles. The summed E-state index contributed by atoms with van der Waals surface area (Å²) in [4.78, 5) is 22.7. The lowest BCUT2D eigenvalue weighted by Crippen LogP contribution is -2.48. The zero-order valence-corrected chi connectivity index (χ0v) is 16.8. The Labute approximate surface area is 158 Å². The van der Waals surface area contributed by atoms with Crippen LogP contribution >= 0.6 is 11.3 Å². The number of rotatable bonds is 4. The summed E-state index contributed by atoms with van der Waals surface area (Å²) >= 11 is 1.63. The molecule has 2 heterocycles. The first-order valence-electron chi connectivity index (χ1n) is 8.66. The molecule has 1 aliphatic heterocycles. The minimum absolute atomic E-state index is 0.0536. The first kappa shape index (κ1) is 18.6. The van der Waals surface area contributed by atoms with Gasteiger partial charge in [0.05, 0.1) is 14.2 Å². The Hall–Kier alpha value is -2.22. The van der Waals surface area contributed by atoms with Gasteiger partial charge in [0.2, 0.25) is 0 Å². The first-order valence-corrected chi connectivity index (χ1v) is 9.48. The molecule has 0 unspecified atom stereocenters. The lowest BCUT2D eigenvalue weighted by atomic mass is 10.0. The molecule has 0 atom stereocenters. The van der Waals surface area contributed by atoms with Crippen molar-refractivity contribution in [2.24, 2.45) is 0 Å². The lowest BCUT2D eigenvalue weighted by molar-refractivity contribution is 0.155. The second-order valence-corrected chi connectivity index (χ2v) is 7.63. The van der Waals surface area contributed by atoms with Crippen LogP contribution in [0.5, 0.6) is 11.5 Å². The van der Waals surface area contributed by atoms with Gasteiger partial charge in [-0.05, 0) is 25.0 Å². The molecule has 0 spiro atoms. The molecule has 3 rings (SSSR count). The second kappa shape index (κ2) is 7.57. The van der Waals surface area contributed by atoms with Crippen LogP contribution in [-0.4, -0.2) is 75.3 Å². The van der Waals surface area contributed by atoms with Crippen molar-refractivity contribution in [2.45, 2.75) is 18.9 Å². The molecule has 142 valence electrons. The van der Waals surface area contributed by atoms with Crippen LogP contribution in [0.1, 0.15) is 12.8 Å². The standard InChI is InChI=1S/C18H26N4O3S/c1-20(2)18(23)21(3)12-8-10-22(11-9-12)17-19-15-13(24-4)6-7-14(25-5)16(15)26-17/h6-7,12H,8-11H2,1-5H3. The summed E-state index contributed by atoms with van der Waals surface area (Å²) in [7, 11) is 8.79. The number of ether oxygens (including phenoxy) is 2. The minimum Gasteiger partial charge on any atom is -0.495 e. The van der Waals surface area contributed by atoms with Gasteiger partial charge in [0, 0.05) is 40.3 Å². The molecule has 2 amide bonds. The quantitative estimate of drug-likeness (QED) is 0.819. The largest absolute Gasteiger partial charge is 0.495 e. The van der Waals surface area contributed by atoms with E-state index in [1.807, 2.05) is 24.1 Å². The van der Waals surface area contributed by atoms with Crippen LogP contribution in [0.25, 0.3) is 10.2 Å². The molecule has 2 aromatic rings. The summed E-state index contributed by atoms with van der Waals surface area (Å²) in [5.74, 6) is 1.57. The first-order chi connectivity index (χ1) is 12.5. The van der Waals surface area contributed by atoms with Crippen molar-refractivity contribution in [3.8, 4) is 11.5 Å². The van der Waals surface area contributed by atoms with Crippen molar-refractivity contribution in [2.75, 3.05) is 53.4 Å². The molecule has 1 saturated heterocycles. The molecule has 26 heavy (non-hydrogen) atoms. The van der Waals surface area contributed by atoms with E-state index in [2.05, 4.69) is 4.90 Å². The van der Waals surface area contributed by atoms with Gasteiger partial charge in [-0.25, -0.2) is 9.78 Å². The van der Waals surface area contributed by atoms with E-state index in [4.69, 9.17) is 14.5 Å². The Kier molecular flexibility index (Phi) is 5.41. The fourth-order valence-corrected chi connectivity index (χ4v) is 4.45. The Balaban J connectivity index is 1.76. The number of methoxy groups -OCH3 is 2. The maximum atomic E-state index is 12.2. The summed E-state index contributed by atoms with van der Waals surface area (Å²) < 4.78 is 11.9. The van der Waals surface area contributed by atoms with E-state index >= 15 is 0 Å². The molecular formula is C18H26N4O3S. The summed E-state index contributed by atoms with van der Waals surface area (Å²) in [5, 5.41) is 0.975. The Morgan fingerprint density at radius 2 is 1.77 bits per heavy atom. The van der Waals surface area contributed by atoms with Crippen LogP contribution in [0.15, 0.2) is 12.1 Å². The molecule has 0 aliphatic carbocycles. The zero-order chi connectivity index (χ0) is 18.8. The van der Waals surface area contributed by atoms with E-state index in [0.29, 0.717) is 0 Å². The number of urea groups is 1. The third kappa shape index (κ3) is 3.38. The maximum Gasteiger partial charge on any atom is 0.319 e. The van der Waals surface area contributed by atoms with Crippen LogP contribution in [0.4, 0.5) is 9.93 Å². The minimum atomic E-state index is 0.0536. The third-order valence-corrected chi connectivity index (χ3v) is 6.00. The van der Waals surface area contributed by atoms with E-state index < -0.39 is 0 Å². The number of carbonyl (C=O) groups is 1. The number of hydrogen-bond acceptors (Lipinski definition) is 6. The van der Waals surface area contributed by atoms with Gasteiger partial charge >= 0.3 is 6.03 Å². The Morgan fingerprint density at radius 3 is 2.35 bits per heavy atom. The van der Waals surface area contributed by atoms with Gasteiger partial charge in [-0.3, -0.25) is 0 Å².